The number of hydrogen-bond acceptors (Lipinski definition) is 6. The predicted molar refractivity (Wildman–Crippen MR) is 143 cm³/mol. The van der Waals surface area contributed by atoms with Gasteiger partial charge in [0.15, 0.2) is 5.78 Å². The third-order valence-corrected chi connectivity index (χ3v) is 7.28. The largest absolute Gasteiger partial charge is 0.383 e. The lowest BCUT2D eigenvalue weighted by Gasteiger charge is -2.43. The van der Waals surface area contributed by atoms with E-state index in [0.717, 1.165) is 27.9 Å². The summed E-state index contributed by atoms with van der Waals surface area (Å²) >= 11 is 12.8. The topological polar surface area (TPSA) is 95.0 Å². The molecule has 36 heavy (non-hydrogen) atoms. The third-order valence-electron chi connectivity index (χ3n) is 6.73. The van der Waals surface area contributed by atoms with Gasteiger partial charge in [0.25, 0.3) is 0 Å². The van der Waals surface area contributed by atoms with Crippen LogP contribution in [0.3, 0.4) is 0 Å². The lowest BCUT2D eigenvalue weighted by molar-refractivity contribution is -0.118. The molecule has 1 atom stereocenters. The number of pyridine rings is 1. The zero-order chi connectivity index (χ0) is 25.8. The van der Waals surface area contributed by atoms with Crippen molar-refractivity contribution in [2.45, 2.75) is 39.5 Å². The molecular weight excluding hydrogens is 493 g/mol. The Morgan fingerprint density at radius 1 is 1.14 bits per heavy atom. The number of allylic oxidation sites excluding steroid dienone is 3. The summed E-state index contributed by atoms with van der Waals surface area (Å²) in [7, 11) is 0. The second kappa shape index (κ2) is 8.85. The molecule has 2 heterocycles. The molecule has 0 fully saturated rings. The second-order valence-corrected chi connectivity index (χ2v) is 11.0. The Balaban J connectivity index is 1.73. The first-order valence-corrected chi connectivity index (χ1v) is 12.4. The maximum atomic E-state index is 13.7. The molecule has 0 spiro atoms. The Kier molecular flexibility index (Phi) is 5.94. The molecule has 1 aromatic heterocycles. The summed E-state index contributed by atoms with van der Waals surface area (Å²) in [5, 5.41) is 13.7. The molecule has 2 aliphatic rings. The van der Waals surface area contributed by atoms with E-state index >= 15 is 0 Å². The summed E-state index contributed by atoms with van der Waals surface area (Å²) in [5.74, 6) is -0.515. The molecule has 1 aliphatic heterocycles. The van der Waals surface area contributed by atoms with E-state index in [1.165, 1.54) is 0 Å². The maximum absolute atomic E-state index is 13.7. The average Bonchev–Trinajstić information content (AvgIpc) is 2.81. The molecule has 0 saturated carbocycles. The van der Waals surface area contributed by atoms with Crippen LogP contribution >= 0.6 is 23.2 Å². The van der Waals surface area contributed by atoms with Crippen molar-refractivity contribution in [3.8, 4) is 6.07 Å². The standard InChI is InChI=1S/C28H25Cl2N5O/c1-15-4-9-21-16(10-15)11-19(26(30)33-21)24-20(14-31)27(32)35(34-18-7-5-17(29)6-8-18)22-12-28(2,3)13-23(36)25(22)24/h4-11,24,34H,12-13,32H2,1-3H3. The van der Waals surface area contributed by atoms with E-state index in [2.05, 4.69) is 30.3 Å². The number of fused-ring (bicyclic) bond motifs is 1. The molecule has 6 nitrogen and oxygen atoms in total. The van der Waals surface area contributed by atoms with Gasteiger partial charge in [0.2, 0.25) is 0 Å². The number of halogens is 2. The van der Waals surface area contributed by atoms with E-state index in [4.69, 9.17) is 28.9 Å². The van der Waals surface area contributed by atoms with E-state index in [1.54, 1.807) is 17.1 Å². The van der Waals surface area contributed by atoms with Crippen molar-refractivity contribution in [3.63, 3.8) is 0 Å². The van der Waals surface area contributed by atoms with Crippen molar-refractivity contribution < 1.29 is 4.79 Å². The van der Waals surface area contributed by atoms with Crippen LogP contribution in [0.4, 0.5) is 5.69 Å². The summed E-state index contributed by atoms with van der Waals surface area (Å²) in [6, 6.07) is 17.2. The Hall–Kier alpha value is -3.53. The number of nitrogens with two attached hydrogens (primary N) is 1. The van der Waals surface area contributed by atoms with Crippen molar-refractivity contribution in [1.82, 2.24) is 9.99 Å². The van der Waals surface area contributed by atoms with E-state index in [1.807, 2.05) is 43.3 Å². The van der Waals surface area contributed by atoms with Crippen molar-refractivity contribution in [1.29, 1.82) is 5.26 Å². The van der Waals surface area contributed by atoms with Gasteiger partial charge in [-0.3, -0.25) is 10.2 Å². The normalized spacial score (nSPS) is 19.4. The van der Waals surface area contributed by atoms with Gasteiger partial charge in [-0.2, -0.15) is 5.26 Å². The summed E-state index contributed by atoms with van der Waals surface area (Å²) < 4.78 is 0. The summed E-state index contributed by atoms with van der Waals surface area (Å²) in [4.78, 5) is 18.3. The van der Waals surface area contributed by atoms with Gasteiger partial charge in [-0.25, -0.2) is 9.99 Å². The molecule has 1 aliphatic carbocycles. The number of rotatable bonds is 3. The average molecular weight is 518 g/mol. The Morgan fingerprint density at radius 2 is 1.86 bits per heavy atom. The molecule has 3 aromatic rings. The number of ketones is 1. The molecule has 3 N–H and O–H groups in total. The van der Waals surface area contributed by atoms with Gasteiger partial charge in [0.05, 0.1) is 34.5 Å². The highest BCUT2D eigenvalue weighted by atomic mass is 35.5. The first-order chi connectivity index (χ1) is 17.1. The van der Waals surface area contributed by atoms with Gasteiger partial charge in [-0.05, 0) is 61.2 Å². The maximum Gasteiger partial charge on any atom is 0.162 e. The highest BCUT2D eigenvalue weighted by Crippen LogP contribution is 2.50. The molecular formula is C28H25Cl2N5O. The SMILES string of the molecule is Cc1ccc2nc(Cl)c(C3C(C#N)=C(N)N(Nc4ccc(Cl)cc4)C4=C3C(=O)CC(C)(C)C4)cc2c1. The molecule has 0 radical (unpaired) electrons. The van der Waals surface area contributed by atoms with Crippen LogP contribution in [0.15, 0.2) is 71.2 Å². The minimum absolute atomic E-state index is 0.0326. The summed E-state index contributed by atoms with van der Waals surface area (Å²) in [6.45, 7) is 6.11. The zero-order valence-corrected chi connectivity index (χ0v) is 21.7. The molecule has 8 heteroatoms. The van der Waals surface area contributed by atoms with Gasteiger partial charge in [-0.1, -0.05) is 48.7 Å². The number of nitriles is 1. The Bertz CT molecular complexity index is 1520. The molecule has 2 aromatic carbocycles. The predicted octanol–water partition coefficient (Wildman–Crippen LogP) is 6.61. The van der Waals surface area contributed by atoms with E-state index in [-0.39, 0.29) is 27.7 Å². The van der Waals surface area contributed by atoms with Gasteiger partial charge in [0, 0.05) is 28.0 Å². The number of aryl methyl sites for hydroxylation is 1. The lowest BCUT2D eigenvalue weighted by atomic mass is 9.69. The molecule has 0 amide bonds. The fourth-order valence-corrected chi connectivity index (χ4v) is 5.47. The van der Waals surface area contributed by atoms with Gasteiger partial charge in [0.1, 0.15) is 11.0 Å². The monoisotopic (exact) mass is 517 g/mol. The van der Waals surface area contributed by atoms with Crippen LogP contribution in [0.5, 0.6) is 0 Å². The van der Waals surface area contributed by atoms with Crippen LogP contribution in [-0.4, -0.2) is 15.8 Å². The number of hydrazine groups is 1. The Labute approximate surface area is 220 Å². The minimum Gasteiger partial charge on any atom is -0.383 e. The molecule has 1 unspecified atom stereocenters. The first-order valence-electron chi connectivity index (χ1n) is 11.6. The van der Waals surface area contributed by atoms with Gasteiger partial charge < -0.3 is 5.73 Å². The van der Waals surface area contributed by atoms with Gasteiger partial charge >= 0.3 is 0 Å². The van der Waals surface area contributed by atoms with Crippen LogP contribution in [0.1, 0.15) is 43.7 Å². The summed E-state index contributed by atoms with van der Waals surface area (Å²) in [5.41, 5.74) is 14.3. The fraction of sp³-hybridized carbons (Fsp3) is 0.250. The number of carbonyl (C=O) groups excluding carboxylic acids is 1. The number of Topliss-reactive ketones (excluding diaryl/α,β-unsaturated/α-hetero) is 1. The van der Waals surface area contributed by atoms with Crippen molar-refractivity contribution >= 4 is 45.6 Å². The van der Waals surface area contributed by atoms with E-state index < -0.39 is 5.92 Å². The van der Waals surface area contributed by atoms with E-state index in [9.17, 15) is 10.1 Å². The minimum atomic E-state index is -0.707. The quantitative estimate of drug-likeness (QED) is 0.379. The number of nitrogens with zero attached hydrogens (tertiary/aromatic N) is 3. The molecule has 5 rings (SSSR count). The molecule has 0 bridgehead atoms. The highest BCUT2D eigenvalue weighted by Gasteiger charge is 2.45. The second-order valence-electron chi connectivity index (χ2n) is 10.2. The highest BCUT2D eigenvalue weighted by molar-refractivity contribution is 6.31. The Morgan fingerprint density at radius 3 is 2.56 bits per heavy atom. The zero-order valence-electron chi connectivity index (χ0n) is 20.2. The summed E-state index contributed by atoms with van der Waals surface area (Å²) in [6.07, 6.45) is 0.940. The molecule has 0 saturated heterocycles. The number of nitrogens with one attached hydrogen (secondary N) is 1. The van der Waals surface area contributed by atoms with Gasteiger partial charge in [-0.15, -0.1) is 0 Å². The number of benzene rings is 2. The smallest absolute Gasteiger partial charge is 0.162 e. The van der Waals surface area contributed by atoms with Crippen LogP contribution < -0.4 is 11.2 Å². The number of anilines is 1. The van der Waals surface area contributed by atoms with Crippen LogP contribution in [0.25, 0.3) is 10.9 Å². The fourth-order valence-electron chi connectivity index (χ4n) is 5.09. The van der Waals surface area contributed by atoms with E-state index in [0.29, 0.717) is 29.0 Å². The van der Waals surface area contributed by atoms with Crippen molar-refractivity contribution in [3.05, 3.63) is 92.5 Å². The lowest BCUT2D eigenvalue weighted by Crippen LogP contribution is -2.44. The molecule has 182 valence electrons. The van der Waals surface area contributed by atoms with Crippen LogP contribution in [-0.2, 0) is 4.79 Å². The first kappa shape index (κ1) is 24.2. The third kappa shape index (κ3) is 4.19. The van der Waals surface area contributed by atoms with Crippen molar-refractivity contribution in [2.24, 2.45) is 11.1 Å². The van der Waals surface area contributed by atoms with Crippen molar-refractivity contribution in [2.75, 3.05) is 5.43 Å². The number of carbonyl (C=O) groups is 1. The van der Waals surface area contributed by atoms with Crippen LogP contribution in [0, 0.1) is 23.7 Å². The number of hydrogen-bond donors (Lipinski definition) is 2. The number of aromatic nitrogens is 1. The van der Waals surface area contributed by atoms with Crippen LogP contribution in [0.2, 0.25) is 10.2 Å².